The van der Waals surface area contributed by atoms with Gasteiger partial charge in [-0.15, -0.1) is 11.3 Å². The van der Waals surface area contributed by atoms with Gasteiger partial charge < -0.3 is 4.90 Å². The van der Waals surface area contributed by atoms with Crippen LogP contribution in [-0.2, 0) is 15.6 Å². The van der Waals surface area contributed by atoms with Gasteiger partial charge in [0.1, 0.15) is 0 Å². The van der Waals surface area contributed by atoms with Crippen molar-refractivity contribution in [3.05, 3.63) is 59.7 Å². The Labute approximate surface area is 179 Å². The van der Waals surface area contributed by atoms with Crippen LogP contribution in [0.3, 0.4) is 0 Å². The summed E-state index contributed by atoms with van der Waals surface area (Å²) < 4.78 is 25.8. The van der Waals surface area contributed by atoms with Crippen LogP contribution in [0.15, 0.2) is 52.9 Å². The molecule has 5 nitrogen and oxygen atoms in total. The number of hydrogen-bond donors (Lipinski definition) is 0. The Kier molecular flexibility index (Phi) is 5.94. The number of para-hydroxylation sites is 1. The number of thiazole rings is 1. The van der Waals surface area contributed by atoms with Gasteiger partial charge in [-0.25, -0.2) is 13.4 Å². The Hall–Kier alpha value is -1.90. The first-order valence-corrected chi connectivity index (χ1v) is 13.2. The second-order valence-corrected chi connectivity index (χ2v) is 11.6. The minimum absolute atomic E-state index is 0.0729. The Bertz CT molecular complexity index is 1090. The van der Waals surface area contributed by atoms with Crippen LogP contribution >= 0.6 is 23.1 Å². The van der Waals surface area contributed by atoms with Crippen LogP contribution in [0.2, 0.25) is 0 Å². The molecule has 1 aliphatic heterocycles. The summed E-state index contributed by atoms with van der Waals surface area (Å²) in [5.41, 5.74) is 2.75. The highest BCUT2D eigenvalue weighted by atomic mass is 32.2. The van der Waals surface area contributed by atoms with Crippen molar-refractivity contribution >= 4 is 49.1 Å². The number of amides is 1. The highest BCUT2D eigenvalue weighted by Gasteiger charge is 2.34. The maximum absolute atomic E-state index is 12.9. The molecule has 8 heteroatoms. The molecule has 1 unspecified atom stereocenters. The van der Waals surface area contributed by atoms with Crippen molar-refractivity contribution in [3.63, 3.8) is 0 Å². The summed E-state index contributed by atoms with van der Waals surface area (Å²) >= 11 is 3.38. The van der Waals surface area contributed by atoms with Crippen molar-refractivity contribution in [1.29, 1.82) is 0 Å². The molecule has 2 heterocycles. The molecule has 0 N–H and O–H groups in total. The van der Waals surface area contributed by atoms with E-state index in [2.05, 4.69) is 11.1 Å². The van der Waals surface area contributed by atoms with E-state index in [9.17, 15) is 13.2 Å². The lowest BCUT2D eigenvalue weighted by Crippen LogP contribution is -2.40. The SMILES string of the molecule is CCN(C(=O)c1ccc(CSc2nc3ccccc3s2)cc1)C1CCS(=O)(=O)C1. The minimum atomic E-state index is -3.02. The number of sulfone groups is 1. The first-order chi connectivity index (χ1) is 13.9. The summed E-state index contributed by atoms with van der Waals surface area (Å²) in [5, 5.41) is 0. The fourth-order valence-electron chi connectivity index (χ4n) is 3.56. The Morgan fingerprint density at radius 1 is 1.21 bits per heavy atom. The lowest BCUT2D eigenvalue weighted by molar-refractivity contribution is 0.0708. The molecule has 29 heavy (non-hydrogen) atoms. The molecule has 3 aromatic rings. The average Bonchev–Trinajstić information content (AvgIpc) is 3.29. The van der Waals surface area contributed by atoms with Crippen molar-refractivity contribution in [2.24, 2.45) is 0 Å². The van der Waals surface area contributed by atoms with E-state index in [0.717, 1.165) is 21.2 Å². The molecule has 1 aliphatic rings. The minimum Gasteiger partial charge on any atom is -0.335 e. The van der Waals surface area contributed by atoms with Crippen LogP contribution in [-0.4, -0.2) is 48.3 Å². The van der Waals surface area contributed by atoms with Crippen LogP contribution < -0.4 is 0 Å². The predicted molar refractivity (Wildman–Crippen MR) is 119 cm³/mol. The lowest BCUT2D eigenvalue weighted by atomic mass is 10.1. The van der Waals surface area contributed by atoms with Gasteiger partial charge >= 0.3 is 0 Å². The number of rotatable bonds is 6. The van der Waals surface area contributed by atoms with Crippen molar-refractivity contribution in [3.8, 4) is 0 Å². The number of thioether (sulfide) groups is 1. The molecule has 1 saturated heterocycles. The molecular formula is C21H22N2O3S3. The van der Waals surface area contributed by atoms with Gasteiger partial charge in [0.15, 0.2) is 14.2 Å². The zero-order valence-electron chi connectivity index (χ0n) is 16.1. The van der Waals surface area contributed by atoms with Gasteiger partial charge in [-0.2, -0.15) is 0 Å². The van der Waals surface area contributed by atoms with E-state index < -0.39 is 9.84 Å². The molecule has 0 spiro atoms. The fourth-order valence-corrected chi connectivity index (χ4v) is 7.31. The summed E-state index contributed by atoms with van der Waals surface area (Å²) in [6.45, 7) is 2.40. The van der Waals surface area contributed by atoms with Crippen LogP contribution in [0.1, 0.15) is 29.3 Å². The summed E-state index contributed by atoms with van der Waals surface area (Å²) in [6.07, 6.45) is 0.527. The summed E-state index contributed by atoms with van der Waals surface area (Å²) in [5.74, 6) is 0.930. The van der Waals surface area contributed by atoms with E-state index in [0.29, 0.717) is 18.5 Å². The Balaban J connectivity index is 1.40. The molecule has 0 bridgehead atoms. The molecule has 2 aromatic carbocycles. The maximum atomic E-state index is 12.9. The van der Waals surface area contributed by atoms with E-state index in [1.54, 1.807) is 28.0 Å². The average molecular weight is 447 g/mol. The van der Waals surface area contributed by atoms with E-state index in [4.69, 9.17) is 0 Å². The number of aromatic nitrogens is 1. The van der Waals surface area contributed by atoms with Crippen LogP contribution in [0.5, 0.6) is 0 Å². The number of fused-ring (bicyclic) bond motifs is 1. The van der Waals surface area contributed by atoms with Gasteiger partial charge in [0.05, 0.1) is 21.7 Å². The molecule has 1 aromatic heterocycles. The zero-order valence-corrected chi connectivity index (χ0v) is 18.5. The molecule has 0 radical (unpaired) electrons. The largest absolute Gasteiger partial charge is 0.335 e. The third kappa shape index (κ3) is 4.65. The highest BCUT2D eigenvalue weighted by Crippen LogP contribution is 2.31. The first kappa shape index (κ1) is 20.4. The number of carbonyl (C=O) groups is 1. The van der Waals surface area contributed by atoms with E-state index in [1.165, 1.54) is 4.70 Å². The Morgan fingerprint density at radius 2 is 1.97 bits per heavy atom. The van der Waals surface area contributed by atoms with Gasteiger partial charge in [-0.05, 0) is 43.2 Å². The molecule has 1 amide bonds. The van der Waals surface area contributed by atoms with E-state index in [-0.39, 0.29) is 23.5 Å². The highest BCUT2D eigenvalue weighted by molar-refractivity contribution is 8.00. The molecule has 0 aliphatic carbocycles. The summed E-state index contributed by atoms with van der Waals surface area (Å²) in [4.78, 5) is 19.2. The quantitative estimate of drug-likeness (QED) is 0.530. The van der Waals surface area contributed by atoms with Crippen molar-refractivity contribution in [2.75, 3.05) is 18.1 Å². The van der Waals surface area contributed by atoms with Crippen LogP contribution in [0.4, 0.5) is 0 Å². The molecule has 4 rings (SSSR count). The lowest BCUT2D eigenvalue weighted by Gasteiger charge is -2.27. The van der Waals surface area contributed by atoms with Gasteiger partial charge in [0, 0.05) is 23.9 Å². The van der Waals surface area contributed by atoms with Crippen molar-refractivity contribution in [1.82, 2.24) is 9.88 Å². The van der Waals surface area contributed by atoms with Gasteiger partial charge in [0.2, 0.25) is 0 Å². The second-order valence-electron chi connectivity index (χ2n) is 7.08. The van der Waals surface area contributed by atoms with Crippen LogP contribution in [0, 0.1) is 0 Å². The van der Waals surface area contributed by atoms with E-state index in [1.807, 2.05) is 49.4 Å². The van der Waals surface area contributed by atoms with Crippen molar-refractivity contribution < 1.29 is 13.2 Å². The van der Waals surface area contributed by atoms with Crippen LogP contribution in [0.25, 0.3) is 10.2 Å². The first-order valence-electron chi connectivity index (χ1n) is 9.54. The molecule has 1 atom stereocenters. The standard InChI is InChI=1S/C21H22N2O3S3/c1-2-23(17-11-12-29(25,26)14-17)20(24)16-9-7-15(8-10-16)13-27-21-22-18-5-3-4-6-19(18)28-21/h3-10,17H,2,11-14H2,1H3. The van der Waals surface area contributed by atoms with Gasteiger partial charge in [-0.3, -0.25) is 4.79 Å². The monoisotopic (exact) mass is 446 g/mol. The third-order valence-corrected chi connectivity index (χ3v) is 9.09. The smallest absolute Gasteiger partial charge is 0.254 e. The fraction of sp³-hybridized carbons (Fsp3) is 0.333. The maximum Gasteiger partial charge on any atom is 0.254 e. The number of benzene rings is 2. The normalized spacial score (nSPS) is 18.2. The summed E-state index contributed by atoms with van der Waals surface area (Å²) in [7, 11) is -3.02. The van der Waals surface area contributed by atoms with Gasteiger partial charge in [-0.1, -0.05) is 36.0 Å². The van der Waals surface area contributed by atoms with Crippen molar-refractivity contribution in [2.45, 2.75) is 29.5 Å². The zero-order chi connectivity index (χ0) is 20.4. The number of carbonyl (C=O) groups excluding carboxylic acids is 1. The molecule has 152 valence electrons. The Morgan fingerprint density at radius 3 is 2.62 bits per heavy atom. The third-order valence-electron chi connectivity index (χ3n) is 5.09. The molecular weight excluding hydrogens is 424 g/mol. The van der Waals surface area contributed by atoms with E-state index >= 15 is 0 Å². The molecule has 0 saturated carbocycles. The second kappa shape index (κ2) is 8.45. The predicted octanol–water partition coefficient (Wildman–Crippen LogP) is 4.24. The topological polar surface area (TPSA) is 67.3 Å². The summed E-state index contributed by atoms with van der Waals surface area (Å²) in [6, 6.07) is 15.5. The number of hydrogen-bond acceptors (Lipinski definition) is 6. The molecule has 1 fully saturated rings. The van der Waals surface area contributed by atoms with Gasteiger partial charge in [0.25, 0.3) is 5.91 Å². The number of nitrogens with zero attached hydrogens (tertiary/aromatic N) is 2.